The van der Waals surface area contributed by atoms with Gasteiger partial charge in [0.15, 0.2) is 4.67 Å². The van der Waals surface area contributed by atoms with Gasteiger partial charge in [-0.05, 0) is 22.9 Å². The van der Waals surface area contributed by atoms with Crippen molar-refractivity contribution in [3.8, 4) is 0 Å². The number of hydrogen-bond donors (Lipinski definition) is 2. The molecule has 1 rings (SSSR count). The molecule has 1 amide bonds. The molecule has 0 radical (unpaired) electrons. The Balaban J connectivity index is 2.58. The standard InChI is InChI=1S/C8H11BrN2O2/c1-5(3-10)11-8(12)6-2-7(9)13-4-6/h2,4-5H,3,10H2,1H3,(H,11,12). The molecular formula is C8H11BrN2O2. The molecular weight excluding hydrogens is 236 g/mol. The number of carbonyl (C=O) groups excluding carboxylic acids is 1. The number of nitrogens with one attached hydrogen (secondary N) is 1. The van der Waals surface area contributed by atoms with E-state index in [1.807, 2.05) is 6.92 Å². The number of halogens is 1. The summed E-state index contributed by atoms with van der Waals surface area (Å²) in [5.74, 6) is -0.174. The summed E-state index contributed by atoms with van der Waals surface area (Å²) >= 11 is 3.11. The van der Waals surface area contributed by atoms with Crippen molar-refractivity contribution in [3.05, 3.63) is 22.6 Å². The second kappa shape index (κ2) is 4.43. The quantitative estimate of drug-likeness (QED) is 0.840. The fourth-order valence-corrected chi connectivity index (χ4v) is 1.14. The topological polar surface area (TPSA) is 68.3 Å². The maximum Gasteiger partial charge on any atom is 0.254 e. The number of hydrogen-bond acceptors (Lipinski definition) is 3. The van der Waals surface area contributed by atoms with Crippen molar-refractivity contribution in [2.24, 2.45) is 5.73 Å². The van der Waals surface area contributed by atoms with Crippen molar-refractivity contribution in [2.75, 3.05) is 6.54 Å². The van der Waals surface area contributed by atoms with Crippen molar-refractivity contribution in [3.63, 3.8) is 0 Å². The van der Waals surface area contributed by atoms with Gasteiger partial charge in [-0.2, -0.15) is 0 Å². The fourth-order valence-electron chi connectivity index (χ4n) is 0.795. The number of nitrogens with two attached hydrogens (primary N) is 1. The van der Waals surface area contributed by atoms with Gasteiger partial charge in [-0.1, -0.05) is 0 Å². The zero-order valence-corrected chi connectivity index (χ0v) is 8.80. The third-order valence-electron chi connectivity index (χ3n) is 1.56. The van der Waals surface area contributed by atoms with Crippen LogP contribution in [0.1, 0.15) is 17.3 Å². The van der Waals surface area contributed by atoms with Crippen LogP contribution in [0.15, 0.2) is 21.4 Å². The van der Waals surface area contributed by atoms with E-state index in [0.29, 0.717) is 16.8 Å². The smallest absolute Gasteiger partial charge is 0.254 e. The van der Waals surface area contributed by atoms with Crippen LogP contribution in [-0.2, 0) is 0 Å². The summed E-state index contributed by atoms with van der Waals surface area (Å²) in [4.78, 5) is 11.4. The van der Waals surface area contributed by atoms with Crippen molar-refractivity contribution < 1.29 is 9.21 Å². The highest BCUT2D eigenvalue weighted by molar-refractivity contribution is 9.10. The number of rotatable bonds is 3. The van der Waals surface area contributed by atoms with Gasteiger partial charge in [0.25, 0.3) is 5.91 Å². The molecule has 5 heteroatoms. The van der Waals surface area contributed by atoms with Gasteiger partial charge in [0.2, 0.25) is 0 Å². The summed E-state index contributed by atoms with van der Waals surface area (Å²) in [5.41, 5.74) is 5.85. The molecule has 0 aliphatic rings. The molecule has 0 bridgehead atoms. The molecule has 0 saturated carbocycles. The maximum atomic E-state index is 11.4. The minimum absolute atomic E-state index is 0.0267. The van der Waals surface area contributed by atoms with Gasteiger partial charge in [0.05, 0.1) is 5.56 Å². The Bertz CT molecular complexity index is 298. The van der Waals surface area contributed by atoms with Gasteiger partial charge in [0.1, 0.15) is 6.26 Å². The van der Waals surface area contributed by atoms with Crippen LogP contribution in [0.3, 0.4) is 0 Å². The molecule has 0 fully saturated rings. The molecule has 13 heavy (non-hydrogen) atoms. The Hall–Kier alpha value is -0.810. The van der Waals surface area contributed by atoms with Crippen molar-refractivity contribution in [1.82, 2.24) is 5.32 Å². The molecule has 1 heterocycles. The molecule has 1 atom stereocenters. The molecule has 0 aromatic carbocycles. The molecule has 3 N–H and O–H groups in total. The number of furan rings is 1. The van der Waals surface area contributed by atoms with E-state index in [9.17, 15) is 4.79 Å². The normalized spacial score (nSPS) is 12.5. The van der Waals surface area contributed by atoms with Crippen LogP contribution in [0, 0.1) is 0 Å². The minimum atomic E-state index is -0.174. The van der Waals surface area contributed by atoms with Crippen LogP contribution in [0.25, 0.3) is 0 Å². The van der Waals surface area contributed by atoms with E-state index in [0.717, 1.165) is 0 Å². The first-order chi connectivity index (χ1) is 6.13. The van der Waals surface area contributed by atoms with Crippen LogP contribution in [-0.4, -0.2) is 18.5 Å². The second-order valence-corrected chi connectivity index (χ2v) is 3.53. The molecule has 4 nitrogen and oxygen atoms in total. The van der Waals surface area contributed by atoms with E-state index in [1.54, 1.807) is 6.07 Å². The van der Waals surface area contributed by atoms with Crippen molar-refractivity contribution >= 4 is 21.8 Å². The molecule has 0 spiro atoms. The number of carbonyl (C=O) groups is 1. The van der Waals surface area contributed by atoms with E-state index in [4.69, 9.17) is 10.2 Å². The molecule has 1 aromatic heterocycles. The Labute approximate surface area is 84.6 Å². The highest BCUT2D eigenvalue weighted by Crippen LogP contribution is 2.13. The molecule has 0 aliphatic heterocycles. The van der Waals surface area contributed by atoms with Gasteiger partial charge in [-0.25, -0.2) is 0 Å². The first kappa shape index (κ1) is 10.3. The van der Waals surface area contributed by atoms with Crippen molar-refractivity contribution in [1.29, 1.82) is 0 Å². The Morgan fingerprint density at radius 3 is 3.00 bits per heavy atom. The summed E-state index contributed by atoms with van der Waals surface area (Å²) in [6.45, 7) is 2.26. The lowest BCUT2D eigenvalue weighted by Crippen LogP contribution is -2.37. The van der Waals surface area contributed by atoms with Gasteiger partial charge in [-0.15, -0.1) is 0 Å². The van der Waals surface area contributed by atoms with Crippen LogP contribution in [0.2, 0.25) is 0 Å². The molecule has 1 aromatic rings. The van der Waals surface area contributed by atoms with Gasteiger partial charge >= 0.3 is 0 Å². The summed E-state index contributed by atoms with van der Waals surface area (Å²) in [7, 11) is 0. The van der Waals surface area contributed by atoms with Crippen molar-refractivity contribution in [2.45, 2.75) is 13.0 Å². The predicted octanol–water partition coefficient (Wildman–Crippen LogP) is 1.12. The molecule has 72 valence electrons. The Morgan fingerprint density at radius 2 is 2.54 bits per heavy atom. The Kier molecular flexibility index (Phi) is 3.50. The first-order valence-corrected chi connectivity index (χ1v) is 4.67. The minimum Gasteiger partial charge on any atom is -0.457 e. The Morgan fingerprint density at radius 1 is 1.85 bits per heavy atom. The third-order valence-corrected chi connectivity index (χ3v) is 1.98. The fraction of sp³-hybridized carbons (Fsp3) is 0.375. The lowest BCUT2D eigenvalue weighted by molar-refractivity contribution is 0.0940. The van der Waals surface area contributed by atoms with Crippen LogP contribution in [0.5, 0.6) is 0 Å². The lowest BCUT2D eigenvalue weighted by Gasteiger charge is -2.09. The summed E-state index contributed by atoms with van der Waals surface area (Å²) < 4.78 is 5.47. The summed E-state index contributed by atoms with van der Waals surface area (Å²) in [5, 5.41) is 2.71. The average molecular weight is 247 g/mol. The van der Waals surface area contributed by atoms with E-state index in [-0.39, 0.29) is 11.9 Å². The predicted molar refractivity (Wildman–Crippen MR) is 52.4 cm³/mol. The largest absolute Gasteiger partial charge is 0.457 e. The van der Waals surface area contributed by atoms with Crippen LogP contribution < -0.4 is 11.1 Å². The number of amides is 1. The van der Waals surface area contributed by atoms with Crippen LogP contribution in [0.4, 0.5) is 0 Å². The monoisotopic (exact) mass is 246 g/mol. The lowest BCUT2D eigenvalue weighted by atomic mass is 10.3. The maximum absolute atomic E-state index is 11.4. The van der Waals surface area contributed by atoms with Gasteiger partial charge in [0, 0.05) is 18.7 Å². The van der Waals surface area contributed by atoms with E-state index in [2.05, 4.69) is 21.2 Å². The highest BCUT2D eigenvalue weighted by Gasteiger charge is 2.10. The second-order valence-electron chi connectivity index (χ2n) is 2.75. The van der Waals surface area contributed by atoms with E-state index < -0.39 is 0 Å². The van der Waals surface area contributed by atoms with Gasteiger partial charge in [-0.3, -0.25) is 4.79 Å². The summed E-state index contributed by atoms with van der Waals surface area (Å²) in [6.07, 6.45) is 1.39. The summed E-state index contributed by atoms with van der Waals surface area (Å²) in [6, 6.07) is 1.58. The average Bonchev–Trinajstić information content (AvgIpc) is 2.51. The molecule has 1 unspecified atom stereocenters. The zero-order chi connectivity index (χ0) is 9.84. The van der Waals surface area contributed by atoms with E-state index in [1.165, 1.54) is 6.26 Å². The van der Waals surface area contributed by atoms with Gasteiger partial charge < -0.3 is 15.5 Å². The SMILES string of the molecule is CC(CN)NC(=O)c1coc(Br)c1. The zero-order valence-electron chi connectivity index (χ0n) is 7.21. The first-order valence-electron chi connectivity index (χ1n) is 3.88. The third kappa shape index (κ3) is 2.86. The van der Waals surface area contributed by atoms with Crippen LogP contribution >= 0.6 is 15.9 Å². The van der Waals surface area contributed by atoms with E-state index >= 15 is 0 Å². The molecule has 0 aliphatic carbocycles. The highest BCUT2D eigenvalue weighted by atomic mass is 79.9. The molecule has 0 saturated heterocycles.